The van der Waals surface area contributed by atoms with E-state index in [0.29, 0.717) is 11.5 Å². The highest BCUT2D eigenvalue weighted by Crippen LogP contribution is 2.42. The van der Waals surface area contributed by atoms with Gasteiger partial charge in [0.15, 0.2) is 6.19 Å². The van der Waals surface area contributed by atoms with Gasteiger partial charge in [-0.15, -0.1) is 0 Å². The lowest BCUT2D eigenvalue weighted by atomic mass is 9.94. The van der Waals surface area contributed by atoms with Gasteiger partial charge in [-0.1, -0.05) is 31.4 Å². The molecule has 0 spiro atoms. The number of hydrogen-bond acceptors (Lipinski definition) is 6. The molecule has 3 aliphatic rings. The zero-order valence-corrected chi connectivity index (χ0v) is 20.7. The molecule has 3 fully saturated rings. The van der Waals surface area contributed by atoms with E-state index in [-0.39, 0.29) is 24.7 Å². The molecule has 1 aromatic heterocycles. The molecule has 3 atom stereocenters. The average molecular weight is 506 g/mol. The molecule has 194 valence electrons. The molecular formula is C28H32FN5O3. The first-order valence-corrected chi connectivity index (χ1v) is 13.1. The van der Waals surface area contributed by atoms with Gasteiger partial charge < -0.3 is 10.4 Å². The van der Waals surface area contributed by atoms with Crippen molar-refractivity contribution in [1.29, 1.82) is 5.26 Å². The number of nitrogens with one attached hydrogen (secondary N) is 1. The summed E-state index contributed by atoms with van der Waals surface area (Å²) in [6, 6.07) is 5.95. The molecule has 9 heteroatoms. The third-order valence-corrected chi connectivity index (χ3v) is 7.67. The number of rotatable bonds is 7. The zero-order chi connectivity index (χ0) is 25.9. The second-order valence-corrected chi connectivity index (χ2v) is 10.4. The number of β-amino-alcohol motifs (C(OH)–C–C–N with tert-alkyl or cyclic N) is 1. The van der Waals surface area contributed by atoms with Crippen LogP contribution in [0.3, 0.4) is 0 Å². The van der Waals surface area contributed by atoms with Crippen LogP contribution >= 0.6 is 0 Å². The number of aliphatic hydroxyl groups excluding tert-OH is 1. The fraction of sp³-hybridized carbons (Fsp3) is 0.500. The van der Waals surface area contributed by atoms with Crippen molar-refractivity contribution in [3.05, 3.63) is 59.7 Å². The molecule has 3 unspecified atom stereocenters. The molecule has 8 nitrogen and oxygen atoms in total. The highest BCUT2D eigenvalue weighted by Gasteiger charge is 2.44. The van der Waals surface area contributed by atoms with Crippen LogP contribution in [0.1, 0.15) is 74.5 Å². The second-order valence-electron chi connectivity index (χ2n) is 10.4. The first-order chi connectivity index (χ1) is 18.0. The molecule has 2 N–H and O–H groups in total. The van der Waals surface area contributed by atoms with E-state index < -0.39 is 35.8 Å². The van der Waals surface area contributed by atoms with Crippen molar-refractivity contribution in [3.8, 4) is 6.19 Å². The van der Waals surface area contributed by atoms with E-state index in [1.54, 1.807) is 30.5 Å². The molecule has 2 saturated carbocycles. The summed E-state index contributed by atoms with van der Waals surface area (Å²) >= 11 is 0. The Balaban J connectivity index is 1.58. The fourth-order valence-corrected chi connectivity index (χ4v) is 5.58. The number of aromatic nitrogens is 1. The van der Waals surface area contributed by atoms with Crippen LogP contribution in [0.25, 0.3) is 0 Å². The molecule has 1 saturated heterocycles. The van der Waals surface area contributed by atoms with Crippen molar-refractivity contribution >= 4 is 17.5 Å². The van der Waals surface area contributed by atoms with Gasteiger partial charge in [0.25, 0.3) is 5.91 Å². The number of carbonyl (C=O) groups excluding carboxylic acids is 2. The van der Waals surface area contributed by atoms with Gasteiger partial charge in [-0.25, -0.2) is 4.39 Å². The van der Waals surface area contributed by atoms with Crippen LogP contribution in [0.4, 0.5) is 10.1 Å². The highest BCUT2D eigenvalue weighted by molar-refractivity contribution is 6.04. The van der Waals surface area contributed by atoms with Crippen LogP contribution in [0.15, 0.2) is 42.7 Å². The number of amides is 2. The van der Waals surface area contributed by atoms with E-state index in [9.17, 15) is 20.0 Å². The number of nitriles is 1. The number of pyridine rings is 1. The zero-order valence-electron chi connectivity index (χ0n) is 20.7. The van der Waals surface area contributed by atoms with Crippen molar-refractivity contribution in [2.24, 2.45) is 0 Å². The third kappa shape index (κ3) is 5.44. The van der Waals surface area contributed by atoms with Crippen molar-refractivity contribution in [2.45, 2.75) is 81.5 Å². The number of benzene rings is 1. The van der Waals surface area contributed by atoms with E-state index in [1.807, 2.05) is 6.19 Å². The molecule has 5 rings (SSSR count). The Kier molecular flexibility index (Phi) is 7.38. The quantitative estimate of drug-likeness (QED) is 0.557. The number of hydrogen-bond donors (Lipinski definition) is 2. The van der Waals surface area contributed by atoms with Crippen LogP contribution in [0.2, 0.25) is 0 Å². The summed E-state index contributed by atoms with van der Waals surface area (Å²) in [5, 5.41) is 22.9. The Morgan fingerprint density at radius 1 is 1.19 bits per heavy atom. The molecule has 2 aromatic rings. The van der Waals surface area contributed by atoms with E-state index in [0.717, 1.165) is 50.5 Å². The van der Waals surface area contributed by atoms with Gasteiger partial charge >= 0.3 is 0 Å². The maximum absolute atomic E-state index is 15.7. The summed E-state index contributed by atoms with van der Waals surface area (Å²) in [6.07, 6.45) is 11.0. The number of nitrogens with zero attached hydrogens (tertiary/aromatic N) is 4. The number of halogens is 1. The molecular weight excluding hydrogens is 473 g/mol. The molecule has 1 aromatic carbocycles. The normalized spacial score (nSPS) is 22.8. The Hall–Kier alpha value is -3.51. The molecule has 2 heterocycles. The minimum absolute atomic E-state index is 0.00960. The predicted molar refractivity (Wildman–Crippen MR) is 135 cm³/mol. The minimum Gasteiger partial charge on any atom is -0.391 e. The lowest BCUT2D eigenvalue weighted by molar-refractivity contribution is -0.128. The smallest absolute Gasteiger partial charge is 0.251 e. The number of likely N-dealkylation sites (tertiary alicyclic amines) is 1. The summed E-state index contributed by atoms with van der Waals surface area (Å²) in [7, 11) is 0. The molecule has 0 radical (unpaired) electrons. The monoisotopic (exact) mass is 505 g/mol. The Bertz CT molecular complexity index is 1180. The molecule has 0 bridgehead atoms. The maximum Gasteiger partial charge on any atom is 0.251 e. The highest BCUT2D eigenvalue weighted by atomic mass is 19.1. The first kappa shape index (κ1) is 25.2. The summed E-state index contributed by atoms with van der Waals surface area (Å²) < 4.78 is 15.7. The van der Waals surface area contributed by atoms with Crippen molar-refractivity contribution in [1.82, 2.24) is 15.2 Å². The molecule has 2 aliphatic carbocycles. The second kappa shape index (κ2) is 10.9. The molecule has 2 amide bonds. The van der Waals surface area contributed by atoms with Crippen molar-refractivity contribution < 1.29 is 19.1 Å². The van der Waals surface area contributed by atoms with Gasteiger partial charge in [0, 0.05) is 30.4 Å². The number of aliphatic hydroxyl groups is 1. The van der Waals surface area contributed by atoms with E-state index >= 15 is 4.39 Å². The topological polar surface area (TPSA) is 110 Å². The number of carbonyl (C=O) groups is 2. The minimum atomic E-state index is -1.19. The standard InChI is InChI=1S/C28H32FN5O3/c29-23-13-19(18-8-9-18)10-11-24(23)34(28(37)25-14-22(35)16-33(25)17-30)26(20-5-4-12-31-15-20)27(36)32-21-6-2-1-3-7-21/h4-5,10-13,15,18,21-22,25-26,35H,1-3,6-9,14,16H2,(H,32,36). The average Bonchev–Trinajstić information content (AvgIpc) is 3.69. The Morgan fingerprint density at radius 2 is 1.97 bits per heavy atom. The number of anilines is 1. The molecule has 37 heavy (non-hydrogen) atoms. The lowest BCUT2D eigenvalue weighted by Gasteiger charge is -2.35. The van der Waals surface area contributed by atoms with Crippen LogP contribution < -0.4 is 10.2 Å². The molecule has 1 aliphatic heterocycles. The first-order valence-electron chi connectivity index (χ1n) is 13.1. The van der Waals surface area contributed by atoms with Gasteiger partial charge in [-0.3, -0.25) is 24.4 Å². The lowest BCUT2D eigenvalue weighted by Crippen LogP contribution is -2.52. The van der Waals surface area contributed by atoms with Gasteiger partial charge in [-0.2, -0.15) is 5.26 Å². The SMILES string of the molecule is N#CN1CC(O)CC1C(=O)N(c1ccc(C2CC2)cc1F)C(C(=O)NC1CCCCC1)c1cccnc1. The Morgan fingerprint density at radius 3 is 2.62 bits per heavy atom. The third-order valence-electron chi connectivity index (χ3n) is 7.67. The van der Waals surface area contributed by atoms with E-state index in [4.69, 9.17) is 0 Å². The summed E-state index contributed by atoms with van der Waals surface area (Å²) in [4.78, 5) is 34.5. The Labute approximate surface area is 216 Å². The van der Waals surface area contributed by atoms with Crippen molar-refractivity contribution in [2.75, 3.05) is 11.4 Å². The van der Waals surface area contributed by atoms with Crippen molar-refractivity contribution in [3.63, 3.8) is 0 Å². The van der Waals surface area contributed by atoms with Gasteiger partial charge in [0.1, 0.15) is 17.9 Å². The fourth-order valence-electron chi connectivity index (χ4n) is 5.58. The van der Waals surface area contributed by atoms with Crippen LogP contribution in [0.5, 0.6) is 0 Å². The summed E-state index contributed by atoms with van der Waals surface area (Å²) in [5.41, 5.74) is 1.28. The van der Waals surface area contributed by atoms with Gasteiger partial charge in [0.05, 0.1) is 18.3 Å². The maximum atomic E-state index is 15.7. The van der Waals surface area contributed by atoms with Crippen LogP contribution in [0, 0.1) is 17.3 Å². The van der Waals surface area contributed by atoms with E-state index in [1.165, 1.54) is 22.1 Å². The van der Waals surface area contributed by atoms with Gasteiger partial charge in [0.2, 0.25) is 5.91 Å². The predicted octanol–water partition coefficient (Wildman–Crippen LogP) is 3.54. The van der Waals surface area contributed by atoms with E-state index in [2.05, 4.69) is 10.3 Å². The summed E-state index contributed by atoms with van der Waals surface area (Å²) in [5.74, 6) is -1.31. The summed E-state index contributed by atoms with van der Waals surface area (Å²) in [6.45, 7) is 0.00960. The van der Waals surface area contributed by atoms with Crippen LogP contribution in [-0.2, 0) is 9.59 Å². The van der Waals surface area contributed by atoms with Crippen LogP contribution in [-0.4, -0.2) is 51.5 Å². The van der Waals surface area contributed by atoms with Gasteiger partial charge in [-0.05, 0) is 55.4 Å². The largest absolute Gasteiger partial charge is 0.391 e.